The SMILES string of the molecule is CC(O)c1ccc(Br)cc1OCC1CCC2(CCCC2)O1. The number of hydrogen-bond donors (Lipinski definition) is 1. The van der Waals surface area contributed by atoms with Gasteiger partial charge in [0.2, 0.25) is 0 Å². The Hall–Kier alpha value is -0.580. The lowest BCUT2D eigenvalue weighted by Crippen LogP contribution is -2.27. The van der Waals surface area contributed by atoms with Crippen molar-refractivity contribution in [1.29, 1.82) is 0 Å². The van der Waals surface area contributed by atoms with Crippen molar-refractivity contribution in [2.24, 2.45) is 0 Å². The van der Waals surface area contributed by atoms with Crippen molar-refractivity contribution in [2.75, 3.05) is 6.61 Å². The summed E-state index contributed by atoms with van der Waals surface area (Å²) in [5, 5.41) is 9.83. The molecule has 1 aromatic carbocycles. The second kappa shape index (κ2) is 6.27. The van der Waals surface area contributed by atoms with Gasteiger partial charge in [-0.2, -0.15) is 0 Å². The smallest absolute Gasteiger partial charge is 0.126 e. The second-order valence-corrected chi connectivity index (χ2v) is 7.25. The van der Waals surface area contributed by atoms with Crippen LogP contribution in [0.3, 0.4) is 0 Å². The normalized spacial score (nSPS) is 25.4. The minimum atomic E-state index is -0.529. The van der Waals surface area contributed by atoms with Gasteiger partial charge in [0, 0.05) is 10.0 Å². The highest BCUT2D eigenvalue weighted by Gasteiger charge is 2.42. The molecule has 0 aromatic heterocycles. The summed E-state index contributed by atoms with van der Waals surface area (Å²) in [5.74, 6) is 0.746. The van der Waals surface area contributed by atoms with E-state index in [0.29, 0.717) is 6.61 Å². The topological polar surface area (TPSA) is 38.7 Å². The zero-order valence-corrected chi connectivity index (χ0v) is 14.1. The van der Waals surface area contributed by atoms with E-state index >= 15 is 0 Å². The van der Waals surface area contributed by atoms with E-state index in [1.807, 2.05) is 18.2 Å². The maximum atomic E-state index is 9.83. The van der Waals surface area contributed by atoms with Crippen LogP contribution in [-0.2, 0) is 4.74 Å². The molecule has 1 aliphatic heterocycles. The first kappa shape index (κ1) is 15.3. The second-order valence-electron chi connectivity index (χ2n) is 6.34. The fraction of sp³-hybridized carbons (Fsp3) is 0.647. The fourth-order valence-electron chi connectivity index (χ4n) is 3.56. The van der Waals surface area contributed by atoms with Crippen molar-refractivity contribution in [1.82, 2.24) is 0 Å². The third-order valence-electron chi connectivity index (χ3n) is 4.70. The van der Waals surface area contributed by atoms with E-state index in [1.54, 1.807) is 6.92 Å². The van der Waals surface area contributed by atoms with Crippen LogP contribution in [-0.4, -0.2) is 23.4 Å². The minimum Gasteiger partial charge on any atom is -0.490 e. The van der Waals surface area contributed by atoms with Gasteiger partial charge in [-0.05, 0) is 44.7 Å². The molecule has 2 atom stereocenters. The maximum absolute atomic E-state index is 9.83. The van der Waals surface area contributed by atoms with Crippen molar-refractivity contribution in [2.45, 2.75) is 63.3 Å². The Bertz CT molecular complexity index is 495. The van der Waals surface area contributed by atoms with Crippen molar-refractivity contribution in [3.8, 4) is 5.75 Å². The minimum absolute atomic E-state index is 0.151. The van der Waals surface area contributed by atoms with Gasteiger partial charge in [-0.15, -0.1) is 0 Å². The van der Waals surface area contributed by atoms with Crippen molar-refractivity contribution >= 4 is 15.9 Å². The van der Waals surface area contributed by atoms with E-state index in [-0.39, 0.29) is 11.7 Å². The van der Waals surface area contributed by atoms with Crippen LogP contribution in [0.4, 0.5) is 0 Å². The largest absolute Gasteiger partial charge is 0.490 e. The molecule has 3 rings (SSSR count). The number of aliphatic hydroxyl groups is 1. The van der Waals surface area contributed by atoms with E-state index in [0.717, 1.165) is 22.2 Å². The Kier molecular flexibility index (Phi) is 4.57. The van der Waals surface area contributed by atoms with Gasteiger partial charge in [-0.3, -0.25) is 0 Å². The van der Waals surface area contributed by atoms with Gasteiger partial charge < -0.3 is 14.6 Å². The average Bonchev–Trinajstić information content (AvgIpc) is 3.07. The van der Waals surface area contributed by atoms with Gasteiger partial charge >= 0.3 is 0 Å². The molecule has 1 aliphatic carbocycles. The average molecular weight is 355 g/mol. The van der Waals surface area contributed by atoms with Gasteiger partial charge in [-0.25, -0.2) is 0 Å². The summed E-state index contributed by atoms with van der Waals surface area (Å²) in [4.78, 5) is 0. The molecule has 0 radical (unpaired) electrons. The molecular weight excluding hydrogens is 332 g/mol. The Labute approximate surface area is 134 Å². The Morgan fingerprint density at radius 1 is 1.38 bits per heavy atom. The zero-order chi connectivity index (χ0) is 14.9. The summed E-state index contributed by atoms with van der Waals surface area (Å²) >= 11 is 3.45. The number of hydrogen-bond acceptors (Lipinski definition) is 3. The molecule has 1 heterocycles. The Morgan fingerprint density at radius 2 is 2.14 bits per heavy atom. The van der Waals surface area contributed by atoms with E-state index in [1.165, 1.54) is 32.1 Å². The molecule has 116 valence electrons. The number of aliphatic hydroxyl groups excluding tert-OH is 1. The Morgan fingerprint density at radius 3 is 2.86 bits per heavy atom. The van der Waals surface area contributed by atoms with Crippen molar-refractivity contribution in [3.05, 3.63) is 28.2 Å². The lowest BCUT2D eigenvalue weighted by atomic mass is 9.98. The first-order chi connectivity index (χ1) is 10.1. The highest BCUT2D eigenvalue weighted by molar-refractivity contribution is 9.10. The third-order valence-corrected chi connectivity index (χ3v) is 5.20. The molecule has 1 spiro atoms. The number of ether oxygens (including phenoxy) is 2. The predicted molar refractivity (Wildman–Crippen MR) is 85.6 cm³/mol. The highest BCUT2D eigenvalue weighted by Crippen LogP contribution is 2.43. The first-order valence-electron chi connectivity index (χ1n) is 7.86. The van der Waals surface area contributed by atoms with Gasteiger partial charge in [0.25, 0.3) is 0 Å². The lowest BCUT2D eigenvalue weighted by Gasteiger charge is -2.24. The van der Waals surface area contributed by atoms with Gasteiger partial charge in [0.05, 0.1) is 17.8 Å². The summed E-state index contributed by atoms with van der Waals surface area (Å²) in [6.45, 7) is 2.33. The molecule has 2 fully saturated rings. The van der Waals surface area contributed by atoms with Crippen LogP contribution < -0.4 is 4.74 Å². The van der Waals surface area contributed by atoms with Crippen LogP contribution in [0.1, 0.15) is 57.1 Å². The molecule has 2 aliphatic rings. The lowest BCUT2D eigenvalue weighted by molar-refractivity contribution is -0.0511. The predicted octanol–water partition coefficient (Wildman–Crippen LogP) is 4.37. The quantitative estimate of drug-likeness (QED) is 0.872. The molecule has 2 unspecified atom stereocenters. The molecule has 0 bridgehead atoms. The molecule has 0 amide bonds. The molecule has 4 heteroatoms. The number of halogens is 1. The molecule has 1 saturated carbocycles. The first-order valence-corrected chi connectivity index (χ1v) is 8.65. The standard InChI is InChI=1S/C17H23BrO3/c1-12(19)15-5-4-13(18)10-16(15)20-11-14-6-9-17(21-14)7-2-3-8-17/h4-5,10,12,14,19H,2-3,6-9,11H2,1H3. The molecule has 1 N–H and O–H groups in total. The Balaban J connectivity index is 1.62. The van der Waals surface area contributed by atoms with E-state index in [4.69, 9.17) is 9.47 Å². The van der Waals surface area contributed by atoms with Crippen molar-refractivity contribution < 1.29 is 14.6 Å². The third kappa shape index (κ3) is 3.43. The fourth-order valence-corrected chi connectivity index (χ4v) is 3.90. The van der Waals surface area contributed by atoms with Gasteiger partial charge in [-0.1, -0.05) is 34.8 Å². The van der Waals surface area contributed by atoms with Gasteiger partial charge in [0.1, 0.15) is 12.4 Å². The van der Waals surface area contributed by atoms with Crippen LogP contribution in [0.2, 0.25) is 0 Å². The molecule has 21 heavy (non-hydrogen) atoms. The number of rotatable bonds is 4. The van der Waals surface area contributed by atoms with Crippen LogP contribution in [0, 0.1) is 0 Å². The summed E-state index contributed by atoms with van der Waals surface area (Å²) < 4.78 is 13.2. The van der Waals surface area contributed by atoms with Crippen molar-refractivity contribution in [3.63, 3.8) is 0 Å². The molecule has 1 aromatic rings. The maximum Gasteiger partial charge on any atom is 0.126 e. The van der Waals surface area contributed by atoms with Crippen LogP contribution in [0.15, 0.2) is 22.7 Å². The molecule has 1 saturated heterocycles. The summed E-state index contributed by atoms with van der Waals surface area (Å²) in [6.07, 6.45) is 6.92. The van der Waals surface area contributed by atoms with E-state index in [9.17, 15) is 5.11 Å². The molecule has 3 nitrogen and oxygen atoms in total. The van der Waals surface area contributed by atoms with Crippen LogP contribution in [0.5, 0.6) is 5.75 Å². The van der Waals surface area contributed by atoms with E-state index in [2.05, 4.69) is 15.9 Å². The summed E-state index contributed by atoms with van der Waals surface area (Å²) in [6, 6.07) is 5.74. The summed E-state index contributed by atoms with van der Waals surface area (Å²) in [5.41, 5.74) is 0.977. The zero-order valence-electron chi connectivity index (χ0n) is 12.5. The number of benzene rings is 1. The van der Waals surface area contributed by atoms with Gasteiger partial charge in [0.15, 0.2) is 0 Å². The van der Waals surface area contributed by atoms with E-state index < -0.39 is 6.10 Å². The summed E-state index contributed by atoms with van der Waals surface area (Å²) in [7, 11) is 0. The van der Waals surface area contributed by atoms with Crippen LogP contribution >= 0.6 is 15.9 Å². The van der Waals surface area contributed by atoms with Crippen LogP contribution in [0.25, 0.3) is 0 Å². The monoisotopic (exact) mass is 354 g/mol. The highest BCUT2D eigenvalue weighted by atomic mass is 79.9. The molecular formula is C17H23BrO3.